The molecule has 0 amide bonds. The van der Waals surface area contributed by atoms with Gasteiger partial charge in [-0.2, -0.15) is 0 Å². The number of pyridine rings is 1. The van der Waals surface area contributed by atoms with Crippen molar-refractivity contribution >= 4 is 21.6 Å². The number of nitrogens with zero attached hydrogens (tertiary/aromatic N) is 1. The number of thiophene rings is 1. The summed E-state index contributed by atoms with van der Waals surface area (Å²) in [6, 6.07) is 15.2. The third kappa shape index (κ3) is 3.96. The van der Waals surface area contributed by atoms with Gasteiger partial charge in [0.15, 0.2) is 0 Å². The van der Waals surface area contributed by atoms with Crippen LogP contribution in [0.4, 0.5) is 0 Å². The second kappa shape index (κ2) is 7.68. The number of aliphatic hydroxyl groups is 1. The molecule has 4 heteroatoms. The van der Waals surface area contributed by atoms with Crippen LogP contribution in [0.25, 0.3) is 10.2 Å². The summed E-state index contributed by atoms with van der Waals surface area (Å²) in [5.74, 6) is 0. The molecule has 0 spiro atoms. The van der Waals surface area contributed by atoms with Gasteiger partial charge in [0.1, 0.15) is 0 Å². The molecule has 2 heterocycles. The highest BCUT2D eigenvalue weighted by Crippen LogP contribution is 2.26. The van der Waals surface area contributed by atoms with E-state index < -0.39 is 0 Å². The van der Waals surface area contributed by atoms with Gasteiger partial charge in [0.2, 0.25) is 0 Å². The summed E-state index contributed by atoms with van der Waals surface area (Å²) in [6.45, 7) is 2.40. The molecule has 120 valence electrons. The first-order valence-corrected chi connectivity index (χ1v) is 8.91. The lowest BCUT2D eigenvalue weighted by Gasteiger charge is -2.24. The molecule has 0 aliphatic carbocycles. The van der Waals surface area contributed by atoms with Crippen LogP contribution in [-0.2, 0) is 0 Å². The fourth-order valence-corrected chi connectivity index (χ4v) is 3.61. The summed E-state index contributed by atoms with van der Waals surface area (Å²) in [4.78, 5) is 4.53. The molecule has 0 bridgehead atoms. The Balaban J connectivity index is 1.77. The average molecular weight is 326 g/mol. The van der Waals surface area contributed by atoms with Crippen LogP contribution >= 0.6 is 11.3 Å². The predicted octanol–water partition coefficient (Wildman–Crippen LogP) is 4.46. The molecule has 3 aromatic rings. The fraction of sp³-hybridized carbons (Fsp3) is 0.316. The van der Waals surface area contributed by atoms with E-state index in [2.05, 4.69) is 59.0 Å². The Bertz CT molecular complexity index is 741. The number of rotatable bonds is 7. The molecule has 3 nitrogen and oxygen atoms in total. The highest BCUT2D eigenvalue weighted by Gasteiger charge is 2.15. The third-order valence-electron chi connectivity index (χ3n) is 4.13. The van der Waals surface area contributed by atoms with Gasteiger partial charge in [-0.05, 0) is 48.4 Å². The van der Waals surface area contributed by atoms with Crippen LogP contribution in [0, 0.1) is 0 Å². The van der Waals surface area contributed by atoms with E-state index in [1.54, 1.807) is 11.3 Å². The standard InChI is InChI=1S/C19H22N2OS/c1-14(16-12-19-18(20-13-16)9-11-23-19)21-17(8-5-10-22)15-6-3-2-4-7-15/h2-4,6-7,9,11-14,17,21-22H,5,8,10H2,1H3. The van der Waals surface area contributed by atoms with Crippen molar-refractivity contribution in [2.45, 2.75) is 31.8 Å². The van der Waals surface area contributed by atoms with Crippen LogP contribution in [-0.4, -0.2) is 16.7 Å². The third-order valence-corrected chi connectivity index (χ3v) is 4.98. The van der Waals surface area contributed by atoms with E-state index >= 15 is 0 Å². The normalized spacial score (nSPS) is 14.0. The number of fused-ring (bicyclic) bond motifs is 1. The van der Waals surface area contributed by atoms with Gasteiger partial charge < -0.3 is 10.4 Å². The molecule has 23 heavy (non-hydrogen) atoms. The topological polar surface area (TPSA) is 45.1 Å². The van der Waals surface area contributed by atoms with Crippen LogP contribution in [0.1, 0.15) is 43.0 Å². The van der Waals surface area contributed by atoms with Gasteiger partial charge >= 0.3 is 0 Å². The van der Waals surface area contributed by atoms with Crippen LogP contribution in [0.5, 0.6) is 0 Å². The number of hydrogen-bond donors (Lipinski definition) is 2. The van der Waals surface area contributed by atoms with Crippen LogP contribution in [0.3, 0.4) is 0 Å². The molecule has 3 rings (SSSR count). The second-order valence-electron chi connectivity index (χ2n) is 5.79. The summed E-state index contributed by atoms with van der Waals surface area (Å²) in [5.41, 5.74) is 3.52. The maximum Gasteiger partial charge on any atom is 0.0809 e. The number of aromatic nitrogens is 1. The van der Waals surface area contributed by atoms with Crippen molar-refractivity contribution in [3.8, 4) is 0 Å². The number of hydrogen-bond acceptors (Lipinski definition) is 4. The summed E-state index contributed by atoms with van der Waals surface area (Å²) < 4.78 is 1.22. The van der Waals surface area contributed by atoms with Gasteiger partial charge in [-0.15, -0.1) is 11.3 Å². The first kappa shape index (κ1) is 16.1. The van der Waals surface area contributed by atoms with E-state index in [4.69, 9.17) is 0 Å². The number of nitrogens with one attached hydrogen (secondary N) is 1. The van der Waals surface area contributed by atoms with Crippen molar-refractivity contribution in [2.24, 2.45) is 0 Å². The molecule has 0 fully saturated rings. The Kier molecular flexibility index (Phi) is 5.39. The molecule has 0 saturated carbocycles. The van der Waals surface area contributed by atoms with E-state index in [9.17, 15) is 5.11 Å². The minimum Gasteiger partial charge on any atom is -0.396 e. The molecule has 2 N–H and O–H groups in total. The van der Waals surface area contributed by atoms with E-state index in [-0.39, 0.29) is 18.7 Å². The first-order chi connectivity index (χ1) is 11.3. The molecular weight excluding hydrogens is 304 g/mol. The molecule has 0 saturated heterocycles. The molecule has 0 aliphatic heterocycles. The van der Waals surface area contributed by atoms with E-state index in [1.165, 1.54) is 15.8 Å². The second-order valence-corrected chi connectivity index (χ2v) is 6.74. The minimum absolute atomic E-state index is 0.206. The number of benzene rings is 1. The molecule has 2 unspecified atom stereocenters. The first-order valence-electron chi connectivity index (χ1n) is 8.03. The zero-order valence-corrected chi connectivity index (χ0v) is 14.1. The lowest BCUT2D eigenvalue weighted by molar-refractivity contribution is 0.272. The highest BCUT2D eigenvalue weighted by atomic mass is 32.1. The largest absolute Gasteiger partial charge is 0.396 e. The molecule has 0 aliphatic rings. The van der Waals surface area contributed by atoms with Gasteiger partial charge in [-0.1, -0.05) is 30.3 Å². The minimum atomic E-state index is 0.206. The van der Waals surface area contributed by atoms with Crippen molar-refractivity contribution < 1.29 is 5.11 Å². The fourth-order valence-electron chi connectivity index (χ4n) is 2.82. The van der Waals surface area contributed by atoms with Crippen molar-refractivity contribution in [1.29, 1.82) is 0 Å². The lowest BCUT2D eigenvalue weighted by Crippen LogP contribution is -2.25. The monoisotopic (exact) mass is 326 g/mol. The van der Waals surface area contributed by atoms with Gasteiger partial charge in [0.25, 0.3) is 0 Å². The zero-order valence-electron chi connectivity index (χ0n) is 13.3. The number of aliphatic hydroxyl groups excluding tert-OH is 1. The van der Waals surface area contributed by atoms with E-state index in [1.807, 2.05) is 12.3 Å². The predicted molar refractivity (Wildman–Crippen MR) is 96.7 cm³/mol. The Morgan fingerprint density at radius 2 is 2.00 bits per heavy atom. The summed E-state index contributed by atoms with van der Waals surface area (Å²) in [5, 5.41) is 14.9. The lowest BCUT2D eigenvalue weighted by atomic mass is 10.00. The smallest absolute Gasteiger partial charge is 0.0809 e. The van der Waals surface area contributed by atoms with E-state index in [0.717, 1.165) is 18.4 Å². The summed E-state index contributed by atoms with van der Waals surface area (Å²) in [6.07, 6.45) is 3.67. The molecule has 2 aromatic heterocycles. The summed E-state index contributed by atoms with van der Waals surface area (Å²) in [7, 11) is 0. The van der Waals surface area contributed by atoms with Crippen molar-refractivity contribution in [3.05, 3.63) is 65.2 Å². The van der Waals surface area contributed by atoms with Gasteiger partial charge in [0.05, 0.1) is 10.2 Å². The maximum atomic E-state index is 9.17. The SMILES string of the molecule is CC(NC(CCCO)c1ccccc1)c1cnc2ccsc2c1. The summed E-state index contributed by atoms with van der Waals surface area (Å²) >= 11 is 1.72. The van der Waals surface area contributed by atoms with Gasteiger partial charge in [0, 0.05) is 24.9 Å². The van der Waals surface area contributed by atoms with Gasteiger partial charge in [-0.3, -0.25) is 4.98 Å². The highest BCUT2D eigenvalue weighted by molar-refractivity contribution is 7.17. The molecule has 2 atom stereocenters. The van der Waals surface area contributed by atoms with Crippen LogP contribution in [0.15, 0.2) is 54.0 Å². The molecular formula is C19H22N2OS. The maximum absolute atomic E-state index is 9.17. The van der Waals surface area contributed by atoms with Crippen LogP contribution in [0.2, 0.25) is 0 Å². The van der Waals surface area contributed by atoms with Crippen LogP contribution < -0.4 is 5.32 Å². The Hall–Kier alpha value is -1.75. The zero-order chi connectivity index (χ0) is 16.1. The van der Waals surface area contributed by atoms with Crippen molar-refractivity contribution in [2.75, 3.05) is 6.61 Å². The van der Waals surface area contributed by atoms with Crippen molar-refractivity contribution in [1.82, 2.24) is 10.3 Å². The molecule has 0 radical (unpaired) electrons. The quantitative estimate of drug-likeness (QED) is 0.674. The van der Waals surface area contributed by atoms with Gasteiger partial charge in [-0.25, -0.2) is 0 Å². The van der Waals surface area contributed by atoms with E-state index in [0.29, 0.717) is 0 Å². The Morgan fingerprint density at radius 1 is 1.17 bits per heavy atom. The Labute approximate surface area is 141 Å². The molecule has 1 aromatic carbocycles. The average Bonchev–Trinajstić information content (AvgIpc) is 3.06. The van der Waals surface area contributed by atoms with Crippen molar-refractivity contribution in [3.63, 3.8) is 0 Å². The Morgan fingerprint density at radius 3 is 2.78 bits per heavy atom.